The molecule has 0 aromatic rings. The fourth-order valence-corrected chi connectivity index (χ4v) is 1.04. The molecule has 2 N–H and O–H groups in total. The van der Waals surface area contributed by atoms with Gasteiger partial charge in [-0.05, 0) is 6.08 Å². The minimum Gasteiger partial charge on any atom is -0.321 e. The average Bonchev–Trinajstić information content (AvgIpc) is 1.81. The van der Waals surface area contributed by atoms with Gasteiger partial charge in [0.05, 0.1) is 5.31 Å². The van der Waals surface area contributed by atoms with Gasteiger partial charge in [-0.2, -0.15) is 8.78 Å². The number of alkyl halides is 2. The van der Waals surface area contributed by atoms with Gasteiger partial charge >= 0.3 is 7.60 Å². The Morgan fingerprint density at radius 3 is 2.00 bits per heavy atom. The summed E-state index contributed by atoms with van der Waals surface area (Å²) in [6.45, 7) is 0. The molecule has 3 nitrogen and oxygen atoms in total. The maximum Gasteiger partial charge on any atom is 0.356 e. The quantitative estimate of drug-likeness (QED) is 0.435. The molecule has 8 heteroatoms. The molecule has 0 aliphatic rings. The molecule has 0 spiro atoms. The molecule has 76 valence electrons. The van der Waals surface area contributed by atoms with E-state index in [1.54, 1.807) is 0 Å². The highest BCUT2D eigenvalue weighted by atomic mass is 31.2. The van der Waals surface area contributed by atoms with Crippen LogP contribution >= 0.6 is 7.60 Å². The average molecular weight is 220 g/mol. The van der Waals surface area contributed by atoms with Crippen LogP contribution in [-0.4, -0.2) is 16.2 Å². The molecule has 0 amide bonds. The highest BCUT2D eigenvalue weighted by molar-refractivity contribution is 7.56. The molecule has 0 rings (SSSR count). The Morgan fingerprint density at radius 2 is 1.77 bits per heavy atom. The van der Waals surface area contributed by atoms with Crippen molar-refractivity contribution in [1.29, 1.82) is 0 Å². The molecule has 0 radical (unpaired) electrons. The lowest BCUT2D eigenvalue weighted by Gasteiger charge is -2.03. The lowest BCUT2D eigenvalue weighted by Crippen LogP contribution is -1.89. The normalized spacial score (nSPS) is 13.3. The minimum absolute atomic E-state index is 0.222. The molecule has 0 aromatic carbocycles. The third-order valence-electron chi connectivity index (χ3n) is 0.890. The third-order valence-corrected chi connectivity index (χ3v) is 1.84. The molecular weight excluding hydrogens is 215 g/mol. The summed E-state index contributed by atoms with van der Waals surface area (Å²) in [7, 11) is -5.06. The van der Waals surface area contributed by atoms with Crippen LogP contribution < -0.4 is 0 Å². The predicted octanol–water partition coefficient (Wildman–Crippen LogP) is 2.09. The van der Waals surface area contributed by atoms with Crippen molar-refractivity contribution < 1.29 is 31.9 Å². The smallest absolute Gasteiger partial charge is 0.321 e. The summed E-state index contributed by atoms with van der Waals surface area (Å²) in [6, 6.07) is 0. The zero-order chi connectivity index (χ0) is 10.6. The van der Waals surface area contributed by atoms with Crippen molar-refractivity contribution in [2.24, 2.45) is 0 Å². The van der Waals surface area contributed by atoms with E-state index in [9.17, 15) is 22.1 Å². The van der Waals surface area contributed by atoms with E-state index in [4.69, 9.17) is 9.79 Å². The summed E-state index contributed by atoms with van der Waals surface area (Å²) in [6.07, 6.45) is -6.15. The molecule has 13 heavy (non-hydrogen) atoms. The van der Waals surface area contributed by atoms with Crippen LogP contribution in [-0.2, 0) is 4.57 Å². The first-order valence-corrected chi connectivity index (χ1v) is 4.43. The largest absolute Gasteiger partial charge is 0.356 e. The monoisotopic (exact) mass is 220 g/mol. The van der Waals surface area contributed by atoms with Crippen LogP contribution in [0, 0.1) is 0 Å². The number of hydrogen-bond donors (Lipinski definition) is 2. The van der Waals surface area contributed by atoms with Crippen LogP contribution in [0.25, 0.3) is 0 Å². The zero-order valence-electron chi connectivity index (χ0n) is 5.99. The van der Waals surface area contributed by atoms with E-state index in [1.165, 1.54) is 0 Å². The number of allylic oxidation sites excluding steroid dienone is 3. The first-order valence-electron chi connectivity index (χ1n) is 2.82. The minimum atomic E-state index is -5.06. The van der Waals surface area contributed by atoms with Crippen LogP contribution in [0.4, 0.5) is 17.6 Å². The highest BCUT2D eigenvalue weighted by Crippen LogP contribution is 2.46. The first kappa shape index (κ1) is 12.3. The Kier molecular flexibility index (Phi) is 4.32. The van der Waals surface area contributed by atoms with Crippen molar-refractivity contribution in [2.75, 3.05) is 0 Å². The zero-order valence-corrected chi connectivity index (χ0v) is 6.89. The topological polar surface area (TPSA) is 57.5 Å². The van der Waals surface area contributed by atoms with Gasteiger partial charge in [0.15, 0.2) is 0 Å². The predicted molar refractivity (Wildman–Crippen MR) is 36.4 cm³/mol. The summed E-state index contributed by atoms with van der Waals surface area (Å²) >= 11 is 0. The Labute approximate surface area is 70.5 Å². The summed E-state index contributed by atoms with van der Waals surface area (Å²) in [5, 5.41) is -1.39. The maximum absolute atomic E-state index is 11.6. The molecule has 0 unspecified atom stereocenters. The van der Waals surface area contributed by atoms with Crippen molar-refractivity contribution in [1.82, 2.24) is 0 Å². The summed E-state index contributed by atoms with van der Waals surface area (Å²) in [5.74, 6) is 0. The molecule has 0 bridgehead atoms. The second-order valence-corrected chi connectivity index (χ2v) is 3.51. The lowest BCUT2D eigenvalue weighted by molar-refractivity contribution is 0.203. The molecule has 0 saturated heterocycles. The second kappa shape index (κ2) is 4.55. The van der Waals surface area contributed by atoms with Crippen molar-refractivity contribution >= 4 is 7.60 Å². The van der Waals surface area contributed by atoms with Gasteiger partial charge in [-0.1, -0.05) is 0 Å². The van der Waals surface area contributed by atoms with Crippen molar-refractivity contribution in [3.8, 4) is 0 Å². The Balaban J connectivity index is 5.01. The molecule has 0 aromatic heterocycles. The SMILES string of the molecule is O=P(O)(O)C(C=C(F)F)=CC(F)F. The molecule has 0 aliphatic heterocycles. The van der Waals surface area contributed by atoms with Crippen molar-refractivity contribution in [2.45, 2.75) is 6.43 Å². The molecule has 0 aliphatic carbocycles. The molecule has 0 fully saturated rings. The molecular formula is C5H5F4O3P. The second-order valence-electron chi connectivity index (χ2n) is 1.90. The van der Waals surface area contributed by atoms with Crippen molar-refractivity contribution in [3.63, 3.8) is 0 Å². The fourth-order valence-electron chi connectivity index (χ4n) is 0.470. The van der Waals surface area contributed by atoms with E-state index in [1.807, 2.05) is 0 Å². The van der Waals surface area contributed by atoms with Gasteiger partial charge in [0.25, 0.3) is 12.5 Å². The molecule has 0 saturated carbocycles. The van der Waals surface area contributed by atoms with Crippen LogP contribution in [0.3, 0.4) is 0 Å². The number of halogens is 4. The Morgan fingerprint density at radius 1 is 1.31 bits per heavy atom. The van der Waals surface area contributed by atoms with Crippen LogP contribution in [0.2, 0.25) is 0 Å². The summed E-state index contributed by atoms with van der Waals surface area (Å²) < 4.78 is 56.5. The van der Waals surface area contributed by atoms with Gasteiger partial charge in [-0.15, -0.1) is 0 Å². The van der Waals surface area contributed by atoms with Crippen LogP contribution in [0.15, 0.2) is 23.5 Å². The van der Waals surface area contributed by atoms with Crippen LogP contribution in [0.5, 0.6) is 0 Å². The fraction of sp³-hybridized carbons (Fsp3) is 0.200. The Hall–Kier alpha value is -0.650. The van der Waals surface area contributed by atoms with Crippen molar-refractivity contribution in [3.05, 3.63) is 23.5 Å². The van der Waals surface area contributed by atoms with Gasteiger partial charge in [-0.3, -0.25) is 4.57 Å². The first-order chi connectivity index (χ1) is 5.73. The van der Waals surface area contributed by atoms with E-state index in [0.29, 0.717) is 0 Å². The number of hydrogen-bond acceptors (Lipinski definition) is 1. The van der Waals surface area contributed by atoms with Gasteiger partial charge in [-0.25, -0.2) is 8.78 Å². The van der Waals surface area contributed by atoms with E-state index in [2.05, 4.69) is 0 Å². The van der Waals surface area contributed by atoms with E-state index in [0.717, 1.165) is 0 Å². The van der Waals surface area contributed by atoms with Gasteiger partial charge in [0.2, 0.25) is 0 Å². The molecule has 0 heterocycles. The standard InChI is InChI=1S/C5H5F4O3P/c6-4(7)1-3(2-5(8)9)13(10,11)12/h1-2,4H,(H2,10,11,12). The highest BCUT2D eigenvalue weighted by Gasteiger charge is 2.21. The Bertz CT molecular complexity index is 276. The maximum atomic E-state index is 11.6. The lowest BCUT2D eigenvalue weighted by atomic mass is 10.5. The van der Waals surface area contributed by atoms with E-state index >= 15 is 0 Å². The third kappa shape index (κ3) is 5.57. The summed E-state index contributed by atoms with van der Waals surface area (Å²) in [4.78, 5) is 16.6. The van der Waals surface area contributed by atoms with Gasteiger partial charge in [0.1, 0.15) is 0 Å². The van der Waals surface area contributed by atoms with Gasteiger partial charge in [0, 0.05) is 6.08 Å². The number of rotatable bonds is 3. The van der Waals surface area contributed by atoms with E-state index < -0.39 is 25.4 Å². The van der Waals surface area contributed by atoms with E-state index in [-0.39, 0.29) is 12.2 Å². The molecule has 0 atom stereocenters. The summed E-state index contributed by atoms with van der Waals surface area (Å²) in [5.41, 5.74) is 0. The van der Waals surface area contributed by atoms with Gasteiger partial charge < -0.3 is 9.79 Å². The van der Waals surface area contributed by atoms with Crippen LogP contribution in [0.1, 0.15) is 0 Å².